The molecule has 1 aliphatic rings. The van der Waals surface area contributed by atoms with Crippen LogP contribution < -0.4 is 5.32 Å². The van der Waals surface area contributed by atoms with Crippen molar-refractivity contribution in [2.24, 2.45) is 4.99 Å². The molecule has 1 aromatic rings. The van der Waals surface area contributed by atoms with E-state index in [-0.39, 0.29) is 0 Å². The monoisotopic (exact) mass is 244 g/mol. The first-order valence-corrected chi connectivity index (χ1v) is 7.14. The fraction of sp³-hybridized carbons (Fsp3) is 0.562. The van der Waals surface area contributed by atoms with E-state index < -0.39 is 0 Å². The fourth-order valence-corrected chi connectivity index (χ4v) is 2.62. The highest BCUT2D eigenvalue weighted by Crippen LogP contribution is 2.26. The molecule has 98 valence electrons. The topological polar surface area (TPSA) is 24.4 Å². The van der Waals surface area contributed by atoms with Crippen molar-refractivity contribution < 1.29 is 0 Å². The highest BCUT2D eigenvalue weighted by molar-refractivity contribution is 5.86. The second-order valence-electron chi connectivity index (χ2n) is 5.08. The summed E-state index contributed by atoms with van der Waals surface area (Å²) in [5.41, 5.74) is 4.49. The van der Waals surface area contributed by atoms with E-state index in [9.17, 15) is 0 Å². The third-order valence-corrected chi connectivity index (χ3v) is 3.92. The fourth-order valence-electron chi connectivity index (χ4n) is 2.62. The number of hydrogen-bond acceptors (Lipinski definition) is 2. The first kappa shape index (κ1) is 13.1. The van der Waals surface area contributed by atoms with Gasteiger partial charge in [0.05, 0.1) is 6.54 Å². The Hall–Kier alpha value is -1.31. The quantitative estimate of drug-likeness (QED) is 0.844. The Kier molecular flexibility index (Phi) is 4.40. The molecule has 2 heteroatoms. The van der Waals surface area contributed by atoms with E-state index in [0.717, 1.165) is 25.9 Å². The van der Waals surface area contributed by atoms with Gasteiger partial charge in [0.1, 0.15) is 5.84 Å². The molecule has 1 unspecified atom stereocenters. The second-order valence-corrected chi connectivity index (χ2v) is 5.08. The molecule has 1 aliphatic heterocycles. The van der Waals surface area contributed by atoms with Gasteiger partial charge in [0.15, 0.2) is 0 Å². The summed E-state index contributed by atoms with van der Waals surface area (Å²) in [4.78, 5) is 4.54. The summed E-state index contributed by atoms with van der Waals surface area (Å²) in [6.45, 7) is 8.76. The highest BCUT2D eigenvalue weighted by atomic mass is 15.1. The van der Waals surface area contributed by atoms with E-state index in [1.807, 2.05) is 0 Å². The molecule has 2 nitrogen and oxygen atoms in total. The summed E-state index contributed by atoms with van der Waals surface area (Å²) in [5.74, 6) is 1.80. The van der Waals surface area contributed by atoms with Crippen LogP contribution in [0.2, 0.25) is 0 Å². The SMILES string of the molecule is CCc1cccc(C(C)CC)c1CC1=NCCN1. The zero-order valence-corrected chi connectivity index (χ0v) is 11.8. The van der Waals surface area contributed by atoms with Crippen LogP contribution in [0.25, 0.3) is 0 Å². The molecular formula is C16H24N2. The molecule has 0 saturated heterocycles. The summed E-state index contributed by atoms with van der Waals surface area (Å²) in [6, 6.07) is 6.75. The van der Waals surface area contributed by atoms with Gasteiger partial charge in [0.25, 0.3) is 0 Å². The average molecular weight is 244 g/mol. The van der Waals surface area contributed by atoms with Crippen molar-refractivity contribution in [2.45, 2.75) is 46.0 Å². The number of aliphatic imine (C=N–C) groups is 1. The molecule has 0 fully saturated rings. The maximum atomic E-state index is 4.54. The Labute approximate surface area is 111 Å². The van der Waals surface area contributed by atoms with Crippen molar-refractivity contribution in [3.05, 3.63) is 34.9 Å². The van der Waals surface area contributed by atoms with E-state index in [0.29, 0.717) is 5.92 Å². The van der Waals surface area contributed by atoms with Gasteiger partial charge in [-0.15, -0.1) is 0 Å². The lowest BCUT2D eigenvalue weighted by Crippen LogP contribution is -2.22. The van der Waals surface area contributed by atoms with E-state index in [1.54, 1.807) is 0 Å². The van der Waals surface area contributed by atoms with Crippen LogP contribution in [-0.2, 0) is 12.8 Å². The minimum Gasteiger partial charge on any atom is -0.372 e. The summed E-state index contributed by atoms with van der Waals surface area (Å²) < 4.78 is 0. The predicted molar refractivity (Wildman–Crippen MR) is 78.5 cm³/mol. The number of rotatable bonds is 5. The lowest BCUT2D eigenvalue weighted by Gasteiger charge is -2.18. The largest absolute Gasteiger partial charge is 0.372 e. The van der Waals surface area contributed by atoms with Gasteiger partial charge in [0, 0.05) is 13.0 Å². The lowest BCUT2D eigenvalue weighted by molar-refractivity contribution is 0.723. The Morgan fingerprint density at radius 2 is 2.17 bits per heavy atom. The maximum absolute atomic E-state index is 4.54. The molecule has 1 atom stereocenters. The predicted octanol–water partition coefficient (Wildman–Crippen LogP) is 3.31. The normalized spacial score (nSPS) is 16.3. The first-order chi connectivity index (χ1) is 8.76. The van der Waals surface area contributed by atoms with Crippen molar-refractivity contribution in [1.29, 1.82) is 0 Å². The van der Waals surface area contributed by atoms with E-state index in [2.05, 4.69) is 49.3 Å². The third-order valence-electron chi connectivity index (χ3n) is 3.92. The molecule has 1 N–H and O–H groups in total. The molecule has 18 heavy (non-hydrogen) atoms. The van der Waals surface area contributed by atoms with Gasteiger partial charge in [0.2, 0.25) is 0 Å². The Morgan fingerprint density at radius 1 is 1.33 bits per heavy atom. The van der Waals surface area contributed by atoms with Crippen LogP contribution in [0.3, 0.4) is 0 Å². The number of amidine groups is 1. The first-order valence-electron chi connectivity index (χ1n) is 7.14. The van der Waals surface area contributed by atoms with Crippen LogP contribution in [0, 0.1) is 0 Å². The molecule has 0 radical (unpaired) electrons. The van der Waals surface area contributed by atoms with E-state index in [4.69, 9.17) is 0 Å². The zero-order valence-electron chi connectivity index (χ0n) is 11.8. The molecule has 2 rings (SSSR count). The molecule has 0 aliphatic carbocycles. The molecule has 0 saturated carbocycles. The average Bonchev–Trinajstić information content (AvgIpc) is 2.91. The van der Waals surface area contributed by atoms with Gasteiger partial charge in [-0.3, -0.25) is 4.99 Å². The van der Waals surface area contributed by atoms with Crippen molar-refractivity contribution in [2.75, 3.05) is 13.1 Å². The van der Waals surface area contributed by atoms with Crippen LogP contribution in [0.15, 0.2) is 23.2 Å². The summed E-state index contributed by atoms with van der Waals surface area (Å²) in [7, 11) is 0. The maximum Gasteiger partial charge on any atom is 0.101 e. The Bertz CT molecular complexity index is 435. The molecule has 0 aromatic heterocycles. The van der Waals surface area contributed by atoms with Crippen molar-refractivity contribution >= 4 is 5.84 Å². The van der Waals surface area contributed by atoms with Gasteiger partial charge < -0.3 is 5.32 Å². The molecule has 0 spiro atoms. The number of benzene rings is 1. The summed E-state index contributed by atoms with van der Waals surface area (Å²) in [5, 5.41) is 3.39. The van der Waals surface area contributed by atoms with Crippen molar-refractivity contribution in [3.63, 3.8) is 0 Å². The smallest absolute Gasteiger partial charge is 0.101 e. The van der Waals surface area contributed by atoms with Crippen LogP contribution in [0.5, 0.6) is 0 Å². The zero-order chi connectivity index (χ0) is 13.0. The van der Waals surface area contributed by atoms with Crippen molar-refractivity contribution in [3.8, 4) is 0 Å². The van der Waals surface area contributed by atoms with Gasteiger partial charge in [-0.2, -0.15) is 0 Å². The van der Waals surface area contributed by atoms with Gasteiger partial charge in [-0.05, 0) is 35.4 Å². The summed E-state index contributed by atoms with van der Waals surface area (Å²) >= 11 is 0. The van der Waals surface area contributed by atoms with Crippen LogP contribution in [-0.4, -0.2) is 18.9 Å². The van der Waals surface area contributed by atoms with Gasteiger partial charge in [-0.25, -0.2) is 0 Å². The van der Waals surface area contributed by atoms with Crippen LogP contribution >= 0.6 is 0 Å². The van der Waals surface area contributed by atoms with E-state index >= 15 is 0 Å². The summed E-state index contributed by atoms with van der Waals surface area (Å²) in [6.07, 6.45) is 3.27. The highest BCUT2D eigenvalue weighted by Gasteiger charge is 2.15. The van der Waals surface area contributed by atoms with Gasteiger partial charge >= 0.3 is 0 Å². The second kappa shape index (κ2) is 6.03. The number of aryl methyl sites for hydroxylation is 1. The molecular weight excluding hydrogens is 220 g/mol. The number of hydrogen-bond donors (Lipinski definition) is 1. The minimum atomic E-state index is 0.633. The van der Waals surface area contributed by atoms with Crippen molar-refractivity contribution in [1.82, 2.24) is 5.32 Å². The Morgan fingerprint density at radius 3 is 2.78 bits per heavy atom. The minimum absolute atomic E-state index is 0.633. The molecule has 1 aromatic carbocycles. The number of nitrogens with one attached hydrogen (secondary N) is 1. The molecule has 0 bridgehead atoms. The number of nitrogens with zero attached hydrogens (tertiary/aromatic N) is 1. The van der Waals surface area contributed by atoms with Gasteiger partial charge in [-0.1, -0.05) is 39.0 Å². The third kappa shape index (κ3) is 2.74. The standard InChI is InChI=1S/C16H24N2/c1-4-12(3)14-8-6-7-13(5-2)15(14)11-16-17-9-10-18-16/h6-8,12H,4-5,9-11H2,1-3H3,(H,17,18). The van der Waals surface area contributed by atoms with E-state index in [1.165, 1.54) is 28.9 Å². The molecule has 1 heterocycles. The lowest BCUT2D eigenvalue weighted by atomic mass is 9.88. The molecule has 0 amide bonds. The Balaban J connectivity index is 2.34. The van der Waals surface area contributed by atoms with Crippen LogP contribution in [0.4, 0.5) is 0 Å². The van der Waals surface area contributed by atoms with Crippen LogP contribution in [0.1, 0.15) is 49.8 Å².